The summed E-state index contributed by atoms with van der Waals surface area (Å²) in [7, 11) is 0. The molecule has 2 nitrogen and oxygen atoms in total. The lowest BCUT2D eigenvalue weighted by molar-refractivity contribution is -0.126. The third-order valence-electron chi connectivity index (χ3n) is 5.13. The van der Waals surface area contributed by atoms with Gasteiger partial charge >= 0.3 is 0 Å². The van der Waals surface area contributed by atoms with Gasteiger partial charge in [0.2, 0.25) is 0 Å². The van der Waals surface area contributed by atoms with Gasteiger partial charge in [0.05, 0.1) is 0 Å². The van der Waals surface area contributed by atoms with Crippen LogP contribution in [0.4, 0.5) is 0 Å². The molecule has 0 N–H and O–H groups in total. The molecule has 20 heavy (non-hydrogen) atoms. The smallest absolute Gasteiger partial charge is 0.137 e. The van der Waals surface area contributed by atoms with Crippen molar-refractivity contribution in [3.8, 4) is 0 Å². The van der Waals surface area contributed by atoms with Gasteiger partial charge in [-0.15, -0.1) is 0 Å². The maximum atomic E-state index is 12.2. The van der Waals surface area contributed by atoms with Crippen molar-refractivity contribution in [2.75, 3.05) is 6.54 Å². The van der Waals surface area contributed by atoms with Crippen LogP contribution < -0.4 is 0 Å². The molecule has 1 aliphatic heterocycles. The van der Waals surface area contributed by atoms with Gasteiger partial charge in [-0.2, -0.15) is 0 Å². The van der Waals surface area contributed by atoms with E-state index in [0.717, 1.165) is 44.8 Å². The Morgan fingerprint density at radius 2 is 1.85 bits per heavy atom. The molecule has 2 atom stereocenters. The highest BCUT2D eigenvalue weighted by molar-refractivity contribution is 5.82. The summed E-state index contributed by atoms with van der Waals surface area (Å²) in [5.41, 5.74) is 2.88. The Balaban J connectivity index is 1.62. The number of ketones is 1. The maximum Gasteiger partial charge on any atom is 0.137 e. The van der Waals surface area contributed by atoms with Crippen LogP contribution in [0.5, 0.6) is 0 Å². The zero-order valence-corrected chi connectivity index (χ0v) is 12.6. The molecule has 2 heteroatoms. The molecule has 1 saturated carbocycles. The van der Waals surface area contributed by atoms with Crippen LogP contribution in [0.2, 0.25) is 0 Å². The Morgan fingerprint density at radius 3 is 2.45 bits per heavy atom. The van der Waals surface area contributed by atoms with Gasteiger partial charge in [0, 0.05) is 32.0 Å². The first-order valence-electron chi connectivity index (χ1n) is 7.95. The van der Waals surface area contributed by atoms with Crippen molar-refractivity contribution in [1.82, 2.24) is 4.90 Å². The van der Waals surface area contributed by atoms with Crippen LogP contribution >= 0.6 is 0 Å². The molecule has 1 aliphatic carbocycles. The molecule has 3 rings (SSSR count). The number of nitrogens with zero attached hydrogens (tertiary/aromatic N) is 1. The number of Topliss-reactive ketones (excluding diaryl/α,β-unsaturated/α-hetero) is 1. The first kappa shape index (κ1) is 13.8. The highest BCUT2D eigenvalue weighted by atomic mass is 16.1. The van der Waals surface area contributed by atoms with Gasteiger partial charge in [-0.1, -0.05) is 38.1 Å². The lowest BCUT2D eigenvalue weighted by atomic mass is 9.75. The van der Waals surface area contributed by atoms with E-state index in [1.807, 2.05) is 0 Å². The van der Waals surface area contributed by atoms with Crippen molar-refractivity contribution in [2.24, 2.45) is 17.8 Å². The predicted octanol–water partition coefficient (Wildman–Crippen LogP) is 3.64. The third-order valence-corrected chi connectivity index (χ3v) is 5.13. The molecule has 1 aromatic carbocycles. The SMILES string of the molecule is CC(C)C1CCC(=O)C(CN2Cc3ccccc3C2)C1. The number of hydrogen-bond acceptors (Lipinski definition) is 2. The summed E-state index contributed by atoms with van der Waals surface area (Å²) in [6, 6.07) is 8.66. The van der Waals surface area contributed by atoms with Gasteiger partial charge in [0.1, 0.15) is 5.78 Å². The Morgan fingerprint density at radius 1 is 1.20 bits per heavy atom. The monoisotopic (exact) mass is 271 g/mol. The van der Waals surface area contributed by atoms with Gasteiger partial charge in [-0.3, -0.25) is 9.69 Å². The van der Waals surface area contributed by atoms with Crippen molar-refractivity contribution in [3.05, 3.63) is 35.4 Å². The first-order valence-corrected chi connectivity index (χ1v) is 7.95. The number of fused-ring (bicyclic) bond motifs is 1. The summed E-state index contributed by atoms with van der Waals surface area (Å²) in [4.78, 5) is 14.7. The molecular weight excluding hydrogens is 246 g/mol. The highest BCUT2D eigenvalue weighted by Crippen LogP contribution is 2.33. The fourth-order valence-electron chi connectivity index (χ4n) is 3.77. The largest absolute Gasteiger partial charge is 0.299 e. The molecule has 2 aliphatic rings. The van der Waals surface area contributed by atoms with Gasteiger partial charge in [-0.25, -0.2) is 0 Å². The minimum Gasteiger partial charge on any atom is -0.299 e. The standard InChI is InChI=1S/C18H25NO/c1-13(2)14-7-8-18(20)17(9-14)12-19-10-15-5-3-4-6-16(15)11-19/h3-6,13-14,17H,7-12H2,1-2H3. The van der Waals surface area contributed by atoms with E-state index in [1.54, 1.807) is 0 Å². The molecule has 1 aromatic rings. The quantitative estimate of drug-likeness (QED) is 0.836. The second kappa shape index (κ2) is 5.69. The summed E-state index contributed by atoms with van der Waals surface area (Å²) < 4.78 is 0. The van der Waals surface area contributed by atoms with Crippen LogP contribution in [-0.2, 0) is 17.9 Å². The Kier molecular flexibility index (Phi) is 3.93. The summed E-state index contributed by atoms with van der Waals surface area (Å²) in [6.07, 6.45) is 3.00. The second-order valence-corrected chi connectivity index (χ2v) is 6.88. The molecule has 0 aromatic heterocycles. The zero-order chi connectivity index (χ0) is 14.1. The van der Waals surface area contributed by atoms with Gasteiger partial charge in [0.15, 0.2) is 0 Å². The van der Waals surface area contributed by atoms with Crippen LogP contribution in [0.25, 0.3) is 0 Å². The summed E-state index contributed by atoms with van der Waals surface area (Å²) in [6.45, 7) is 7.59. The van der Waals surface area contributed by atoms with E-state index in [-0.39, 0.29) is 5.92 Å². The van der Waals surface area contributed by atoms with Gasteiger partial charge in [-0.05, 0) is 35.8 Å². The number of benzene rings is 1. The number of carbonyl (C=O) groups excluding carboxylic acids is 1. The summed E-state index contributed by atoms with van der Waals surface area (Å²) >= 11 is 0. The average molecular weight is 271 g/mol. The average Bonchev–Trinajstić information content (AvgIpc) is 2.83. The fraction of sp³-hybridized carbons (Fsp3) is 0.611. The number of hydrogen-bond donors (Lipinski definition) is 0. The molecular formula is C18H25NO. The lowest BCUT2D eigenvalue weighted by Crippen LogP contribution is -2.35. The zero-order valence-electron chi connectivity index (χ0n) is 12.6. The number of rotatable bonds is 3. The van der Waals surface area contributed by atoms with E-state index in [4.69, 9.17) is 0 Å². The molecule has 0 amide bonds. The van der Waals surface area contributed by atoms with Crippen molar-refractivity contribution in [1.29, 1.82) is 0 Å². The molecule has 1 fully saturated rings. The van der Waals surface area contributed by atoms with Gasteiger partial charge < -0.3 is 0 Å². The number of carbonyl (C=O) groups is 1. The topological polar surface area (TPSA) is 20.3 Å². The predicted molar refractivity (Wildman–Crippen MR) is 81.2 cm³/mol. The second-order valence-electron chi connectivity index (χ2n) is 6.88. The van der Waals surface area contributed by atoms with E-state index in [9.17, 15) is 4.79 Å². The molecule has 2 unspecified atom stereocenters. The van der Waals surface area contributed by atoms with E-state index in [0.29, 0.717) is 11.7 Å². The van der Waals surface area contributed by atoms with Crippen molar-refractivity contribution in [3.63, 3.8) is 0 Å². The highest BCUT2D eigenvalue weighted by Gasteiger charge is 2.32. The minimum atomic E-state index is 0.269. The summed E-state index contributed by atoms with van der Waals surface area (Å²) in [5.74, 6) is 2.22. The normalized spacial score (nSPS) is 27.1. The van der Waals surface area contributed by atoms with Crippen LogP contribution in [-0.4, -0.2) is 17.2 Å². The fourth-order valence-corrected chi connectivity index (χ4v) is 3.77. The molecule has 0 saturated heterocycles. The lowest BCUT2D eigenvalue weighted by Gasteiger charge is -2.32. The van der Waals surface area contributed by atoms with Gasteiger partial charge in [0.25, 0.3) is 0 Å². The molecule has 108 valence electrons. The third kappa shape index (κ3) is 2.80. The maximum absolute atomic E-state index is 12.2. The van der Waals surface area contributed by atoms with E-state index in [1.165, 1.54) is 11.1 Å². The van der Waals surface area contributed by atoms with Crippen molar-refractivity contribution < 1.29 is 4.79 Å². The van der Waals surface area contributed by atoms with Crippen LogP contribution in [0.15, 0.2) is 24.3 Å². The van der Waals surface area contributed by atoms with Crippen LogP contribution in [0, 0.1) is 17.8 Å². The minimum absolute atomic E-state index is 0.269. The van der Waals surface area contributed by atoms with E-state index in [2.05, 4.69) is 43.0 Å². The van der Waals surface area contributed by atoms with Crippen molar-refractivity contribution >= 4 is 5.78 Å². The molecule has 0 spiro atoms. The van der Waals surface area contributed by atoms with E-state index < -0.39 is 0 Å². The molecule has 0 radical (unpaired) electrons. The van der Waals surface area contributed by atoms with Crippen molar-refractivity contribution in [2.45, 2.75) is 46.2 Å². The molecule has 1 heterocycles. The Labute approximate surface area is 122 Å². The first-order chi connectivity index (χ1) is 9.63. The Bertz CT molecular complexity index is 469. The summed E-state index contributed by atoms with van der Waals surface area (Å²) in [5, 5.41) is 0. The van der Waals surface area contributed by atoms with Crippen LogP contribution in [0.3, 0.4) is 0 Å². The van der Waals surface area contributed by atoms with Crippen LogP contribution in [0.1, 0.15) is 44.2 Å². The molecule has 0 bridgehead atoms. The van der Waals surface area contributed by atoms with E-state index >= 15 is 0 Å². The Hall–Kier alpha value is -1.15.